The minimum atomic E-state index is -0.709. The molecule has 45 heavy (non-hydrogen) atoms. The van der Waals surface area contributed by atoms with Crippen molar-refractivity contribution in [1.82, 2.24) is 9.47 Å². The lowest BCUT2D eigenvalue weighted by atomic mass is 9.94. The van der Waals surface area contributed by atoms with Crippen molar-refractivity contribution in [2.75, 3.05) is 27.3 Å². The van der Waals surface area contributed by atoms with Crippen molar-refractivity contribution in [3.05, 3.63) is 118 Å². The van der Waals surface area contributed by atoms with Gasteiger partial charge in [-0.05, 0) is 68.3 Å². The maximum Gasteiger partial charge on any atom is 0.271 e. The highest BCUT2D eigenvalue weighted by atomic mass is 35.5. The highest BCUT2D eigenvalue weighted by molar-refractivity contribution is 7.07. The Morgan fingerprint density at radius 3 is 2.40 bits per heavy atom. The summed E-state index contributed by atoms with van der Waals surface area (Å²) in [5, 5.41) is 0.929. The zero-order valence-corrected chi connectivity index (χ0v) is 27.9. The molecule has 3 aromatic carbocycles. The normalized spacial score (nSPS) is 14.6. The standard InChI is InChI=1S/C34H33Cl2N3O5S/c1-6-38(7-2)33(41)30-20(3)37-34-39(31(30)23-10-8-9-11-26(23)42-4)32(40)29(45-34)18-21-13-15-27(28(17-21)43-5)44-19-22-12-14-24(35)25(36)16-22/h8-18,31H,6-7,19H2,1-5H3/b29-18+/t31-/m0/s1. The number of rotatable bonds is 10. The Morgan fingerprint density at radius 2 is 1.71 bits per heavy atom. The molecule has 0 unspecified atom stereocenters. The molecule has 1 aliphatic rings. The average molecular weight is 667 g/mol. The number of methoxy groups -OCH3 is 2. The molecule has 0 spiro atoms. The molecule has 2 heterocycles. The van der Waals surface area contributed by atoms with Gasteiger partial charge in [0.1, 0.15) is 18.4 Å². The lowest BCUT2D eigenvalue weighted by Gasteiger charge is -2.29. The van der Waals surface area contributed by atoms with Gasteiger partial charge in [0.2, 0.25) is 0 Å². The Balaban J connectivity index is 1.57. The number of benzene rings is 3. The zero-order valence-electron chi connectivity index (χ0n) is 25.6. The number of nitrogens with zero attached hydrogens (tertiary/aromatic N) is 3. The summed E-state index contributed by atoms with van der Waals surface area (Å²) in [6.45, 7) is 7.01. The van der Waals surface area contributed by atoms with Gasteiger partial charge in [-0.1, -0.05) is 64.9 Å². The van der Waals surface area contributed by atoms with Crippen LogP contribution in [0.4, 0.5) is 0 Å². The number of hydrogen-bond donors (Lipinski definition) is 0. The largest absolute Gasteiger partial charge is 0.496 e. The van der Waals surface area contributed by atoms with Crippen molar-refractivity contribution < 1.29 is 19.0 Å². The highest BCUT2D eigenvalue weighted by Crippen LogP contribution is 2.36. The molecule has 0 bridgehead atoms. The maximum absolute atomic E-state index is 14.1. The number of likely N-dealkylation sites (N-methyl/N-ethyl adjacent to an activating group) is 1. The van der Waals surface area contributed by atoms with E-state index in [1.165, 1.54) is 11.3 Å². The van der Waals surface area contributed by atoms with Crippen LogP contribution in [0.3, 0.4) is 0 Å². The number of thiazole rings is 1. The van der Waals surface area contributed by atoms with Crippen molar-refractivity contribution in [3.63, 3.8) is 0 Å². The molecule has 0 saturated carbocycles. The lowest BCUT2D eigenvalue weighted by molar-refractivity contribution is -0.127. The minimum Gasteiger partial charge on any atom is -0.496 e. The van der Waals surface area contributed by atoms with Crippen LogP contribution in [0, 0.1) is 0 Å². The molecular weight excluding hydrogens is 633 g/mol. The number of aromatic nitrogens is 1. The number of allylic oxidation sites excluding steroid dienone is 1. The van der Waals surface area contributed by atoms with E-state index >= 15 is 0 Å². The number of amides is 1. The quantitative estimate of drug-likeness (QED) is 0.207. The summed E-state index contributed by atoms with van der Waals surface area (Å²) in [5.74, 6) is 1.46. The molecule has 4 aromatic rings. The van der Waals surface area contributed by atoms with Crippen molar-refractivity contribution >= 4 is 46.5 Å². The smallest absolute Gasteiger partial charge is 0.271 e. The Hall–Kier alpha value is -4.05. The third kappa shape index (κ3) is 6.52. The average Bonchev–Trinajstić information content (AvgIpc) is 3.35. The van der Waals surface area contributed by atoms with Crippen LogP contribution in [-0.2, 0) is 11.4 Å². The molecule has 8 nitrogen and oxygen atoms in total. The van der Waals surface area contributed by atoms with Crippen LogP contribution in [0.1, 0.15) is 43.5 Å². The summed E-state index contributed by atoms with van der Waals surface area (Å²) in [6, 6.07) is 17.5. The van der Waals surface area contributed by atoms with E-state index in [4.69, 9.17) is 42.4 Å². The van der Waals surface area contributed by atoms with Gasteiger partial charge in [0.15, 0.2) is 16.3 Å². The van der Waals surface area contributed by atoms with Crippen LogP contribution in [0.2, 0.25) is 10.0 Å². The van der Waals surface area contributed by atoms with Crippen molar-refractivity contribution in [3.8, 4) is 17.2 Å². The summed E-state index contributed by atoms with van der Waals surface area (Å²) >= 11 is 13.4. The first-order chi connectivity index (χ1) is 21.7. The van der Waals surface area contributed by atoms with Gasteiger partial charge in [0.25, 0.3) is 11.5 Å². The molecule has 0 N–H and O–H groups in total. The summed E-state index contributed by atoms with van der Waals surface area (Å²) < 4.78 is 19.4. The Labute approximate surface area is 275 Å². The van der Waals surface area contributed by atoms with Gasteiger partial charge in [-0.3, -0.25) is 14.2 Å². The second-order valence-electron chi connectivity index (χ2n) is 10.2. The molecule has 0 aliphatic carbocycles. The van der Waals surface area contributed by atoms with Crippen LogP contribution < -0.4 is 29.1 Å². The molecule has 1 aliphatic heterocycles. The predicted octanol–water partition coefficient (Wildman–Crippen LogP) is 6.01. The summed E-state index contributed by atoms with van der Waals surface area (Å²) in [7, 11) is 3.14. The molecule has 1 aromatic heterocycles. The third-order valence-electron chi connectivity index (χ3n) is 7.60. The number of halogens is 2. The lowest BCUT2D eigenvalue weighted by Crippen LogP contribution is -2.43. The first-order valence-corrected chi connectivity index (χ1v) is 16.0. The van der Waals surface area contributed by atoms with E-state index in [1.54, 1.807) is 54.0 Å². The van der Waals surface area contributed by atoms with E-state index in [1.807, 2.05) is 57.2 Å². The number of carbonyl (C=O) groups is 1. The molecule has 11 heteroatoms. The monoisotopic (exact) mass is 665 g/mol. The SMILES string of the molecule is CCN(CC)C(=O)C1=C(C)N=c2s/c(=C/c3ccc(OCc4ccc(Cl)c(Cl)c4)c(OC)c3)c(=O)n2[C@H]1c1ccccc1OC. The third-order valence-corrected chi connectivity index (χ3v) is 9.32. The molecule has 1 amide bonds. The van der Waals surface area contributed by atoms with E-state index in [0.29, 0.717) is 66.6 Å². The second kappa shape index (κ2) is 13.9. The van der Waals surface area contributed by atoms with Crippen LogP contribution >= 0.6 is 34.5 Å². The van der Waals surface area contributed by atoms with Gasteiger partial charge in [-0.25, -0.2) is 4.99 Å². The summed E-state index contributed by atoms with van der Waals surface area (Å²) in [4.78, 5) is 35.0. The van der Waals surface area contributed by atoms with E-state index in [-0.39, 0.29) is 18.1 Å². The van der Waals surface area contributed by atoms with Gasteiger partial charge in [-0.15, -0.1) is 0 Å². The summed E-state index contributed by atoms with van der Waals surface area (Å²) in [6.07, 6.45) is 1.79. The van der Waals surface area contributed by atoms with Crippen molar-refractivity contribution in [2.24, 2.45) is 4.99 Å². The number of fused-ring (bicyclic) bond motifs is 1. The number of ether oxygens (including phenoxy) is 3. The fraction of sp³-hybridized carbons (Fsp3) is 0.265. The van der Waals surface area contributed by atoms with E-state index in [9.17, 15) is 9.59 Å². The van der Waals surface area contributed by atoms with Crippen molar-refractivity contribution in [1.29, 1.82) is 0 Å². The fourth-order valence-corrected chi connectivity index (χ4v) is 6.67. The van der Waals surface area contributed by atoms with Crippen LogP contribution in [0.25, 0.3) is 6.08 Å². The Kier molecular flexibility index (Phi) is 10.0. The minimum absolute atomic E-state index is 0.160. The highest BCUT2D eigenvalue weighted by Gasteiger charge is 2.35. The van der Waals surface area contributed by atoms with Crippen molar-refractivity contribution in [2.45, 2.75) is 33.4 Å². The van der Waals surface area contributed by atoms with E-state index in [0.717, 1.165) is 11.1 Å². The van der Waals surface area contributed by atoms with Crippen LogP contribution in [-0.4, -0.2) is 42.7 Å². The maximum atomic E-state index is 14.1. The Bertz CT molecular complexity index is 1960. The van der Waals surface area contributed by atoms with Gasteiger partial charge in [0, 0.05) is 18.7 Å². The van der Waals surface area contributed by atoms with E-state index in [2.05, 4.69) is 0 Å². The summed E-state index contributed by atoms with van der Waals surface area (Å²) in [5.41, 5.74) is 3.07. The van der Waals surface area contributed by atoms with Crippen LogP contribution in [0.5, 0.6) is 17.2 Å². The predicted molar refractivity (Wildman–Crippen MR) is 178 cm³/mol. The molecule has 1 atom stereocenters. The number of carbonyl (C=O) groups excluding carboxylic acids is 1. The first-order valence-electron chi connectivity index (χ1n) is 14.4. The van der Waals surface area contributed by atoms with Gasteiger partial charge in [0.05, 0.1) is 40.1 Å². The molecule has 234 valence electrons. The second-order valence-corrected chi connectivity index (χ2v) is 12.1. The first kappa shape index (κ1) is 32.3. The zero-order chi connectivity index (χ0) is 32.2. The number of para-hydroxylation sites is 1. The Morgan fingerprint density at radius 1 is 0.978 bits per heavy atom. The van der Waals surface area contributed by atoms with Crippen LogP contribution in [0.15, 0.2) is 81.7 Å². The topological polar surface area (TPSA) is 82.4 Å². The molecular formula is C34H33Cl2N3O5S. The fourth-order valence-electron chi connectivity index (χ4n) is 5.30. The van der Waals surface area contributed by atoms with Gasteiger partial charge in [-0.2, -0.15) is 0 Å². The molecule has 0 saturated heterocycles. The molecule has 5 rings (SSSR count). The molecule has 0 radical (unpaired) electrons. The number of hydrogen-bond acceptors (Lipinski definition) is 7. The molecule has 0 fully saturated rings. The van der Waals surface area contributed by atoms with Gasteiger partial charge < -0.3 is 19.1 Å². The van der Waals surface area contributed by atoms with Gasteiger partial charge >= 0.3 is 0 Å². The van der Waals surface area contributed by atoms with E-state index < -0.39 is 6.04 Å².